The molecule has 19 heteroatoms. The first-order valence-corrected chi connectivity index (χ1v) is 23.1. The van der Waals surface area contributed by atoms with Crippen molar-refractivity contribution < 1.29 is 47.0 Å². The molecule has 2 saturated carbocycles. The number of nitrogens with one attached hydrogen (secondary N) is 3. The first-order chi connectivity index (χ1) is 29.0. The molecule has 2 aliphatic carbocycles. The van der Waals surface area contributed by atoms with E-state index in [-0.39, 0.29) is 79.2 Å². The first kappa shape index (κ1) is 47.3. The van der Waals surface area contributed by atoms with Gasteiger partial charge in [-0.1, -0.05) is 49.5 Å². The van der Waals surface area contributed by atoms with Gasteiger partial charge in [-0.3, -0.25) is 24.0 Å². The van der Waals surface area contributed by atoms with Gasteiger partial charge in [0.25, 0.3) is 5.91 Å². The van der Waals surface area contributed by atoms with Gasteiger partial charge in [-0.25, -0.2) is 17.9 Å². The van der Waals surface area contributed by atoms with Crippen LogP contribution in [-0.2, 0) is 39.4 Å². The zero-order chi connectivity index (χ0) is 44.3. The number of primary amides is 1. The van der Waals surface area contributed by atoms with Crippen LogP contribution in [0.15, 0.2) is 35.4 Å². The Morgan fingerprint density at radius 3 is 2.34 bits per heavy atom. The molecule has 61 heavy (non-hydrogen) atoms. The SMILES string of the molecule is COCCS(=O)(=O)c1ccc(C(=O)CC[C@H](CC2CCCCC2)C(=O)N2C[C@@H](n3nncc3C(C)(C)O)C[C@H]2C(=O)NC(CCCCNC(=O)NC2CC2)C(=O)C(N)=O)cc1. The number of ketones is 2. The maximum atomic E-state index is 14.9. The van der Waals surface area contributed by atoms with Gasteiger partial charge < -0.3 is 36.4 Å². The van der Waals surface area contributed by atoms with Crippen molar-refractivity contribution in [1.82, 2.24) is 35.8 Å². The van der Waals surface area contributed by atoms with Crippen LogP contribution in [0.3, 0.4) is 0 Å². The Bertz CT molecular complexity index is 1970. The van der Waals surface area contributed by atoms with E-state index < -0.39 is 57.1 Å². The summed E-state index contributed by atoms with van der Waals surface area (Å²) in [5.41, 5.74) is 4.73. The number of unbranched alkanes of at least 4 members (excludes halogenated alkanes) is 1. The van der Waals surface area contributed by atoms with Gasteiger partial charge in [0.2, 0.25) is 17.6 Å². The fraction of sp³-hybridized carbons (Fsp3) is 0.667. The van der Waals surface area contributed by atoms with Gasteiger partial charge in [-0.15, -0.1) is 5.10 Å². The van der Waals surface area contributed by atoms with Crippen LogP contribution in [0.1, 0.15) is 126 Å². The minimum atomic E-state index is -3.60. The molecule has 2 aromatic rings. The van der Waals surface area contributed by atoms with E-state index in [0.717, 1.165) is 44.9 Å². The van der Waals surface area contributed by atoms with Crippen LogP contribution in [0.2, 0.25) is 0 Å². The molecule has 0 radical (unpaired) electrons. The molecule has 18 nitrogen and oxygen atoms in total. The van der Waals surface area contributed by atoms with Crippen LogP contribution in [0.4, 0.5) is 4.79 Å². The number of hydrogen-bond donors (Lipinski definition) is 5. The number of aromatic nitrogens is 3. The topological polar surface area (TPSA) is 262 Å². The van der Waals surface area contributed by atoms with Gasteiger partial charge in [0.1, 0.15) is 11.6 Å². The summed E-state index contributed by atoms with van der Waals surface area (Å²) < 4.78 is 31.7. The number of nitrogens with two attached hydrogens (primary N) is 1. The zero-order valence-electron chi connectivity index (χ0n) is 35.5. The summed E-state index contributed by atoms with van der Waals surface area (Å²) in [5.74, 6) is -4.13. The molecule has 1 saturated heterocycles. The molecule has 1 aliphatic heterocycles. The number of ether oxygens (including phenoxy) is 1. The summed E-state index contributed by atoms with van der Waals surface area (Å²) in [6, 6.07) is 2.63. The van der Waals surface area contributed by atoms with Crippen LogP contribution in [0, 0.1) is 11.8 Å². The minimum absolute atomic E-state index is 0.00869. The lowest BCUT2D eigenvalue weighted by molar-refractivity contribution is -0.143. The Morgan fingerprint density at radius 2 is 1.70 bits per heavy atom. The number of carbonyl (C=O) groups is 6. The molecule has 2 heterocycles. The predicted molar refractivity (Wildman–Crippen MR) is 223 cm³/mol. The number of methoxy groups -OCH3 is 1. The van der Waals surface area contributed by atoms with Crippen LogP contribution < -0.4 is 21.7 Å². The van der Waals surface area contributed by atoms with E-state index in [1.165, 1.54) is 47.2 Å². The second kappa shape index (κ2) is 21.4. The smallest absolute Gasteiger partial charge is 0.315 e. The second-order valence-corrected chi connectivity index (χ2v) is 19.3. The highest BCUT2D eigenvalue weighted by molar-refractivity contribution is 7.91. The lowest BCUT2D eigenvalue weighted by Crippen LogP contribution is -2.53. The average Bonchev–Trinajstić information content (AvgIpc) is 3.69. The monoisotopic (exact) mass is 870 g/mol. The minimum Gasteiger partial charge on any atom is -0.384 e. The molecule has 3 aliphatic rings. The summed E-state index contributed by atoms with van der Waals surface area (Å²) in [6.07, 6.45) is 9.88. The highest BCUT2D eigenvalue weighted by atomic mass is 32.2. The quantitative estimate of drug-likeness (QED) is 0.0613. The van der Waals surface area contributed by atoms with E-state index in [1.54, 1.807) is 13.8 Å². The van der Waals surface area contributed by atoms with Gasteiger partial charge in [0.05, 0.1) is 41.2 Å². The Kier molecular flexibility index (Phi) is 16.6. The average molecular weight is 871 g/mol. The number of likely N-dealkylation sites (tertiary alicyclic amines) is 1. The number of Topliss-reactive ketones (excluding diaryl/α,β-unsaturated/α-hetero) is 2. The van der Waals surface area contributed by atoms with Crippen LogP contribution in [0.5, 0.6) is 0 Å². The third-order valence-electron chi connectivity index (χ3n) is 11.9. The zero-order valence-corrected chi connectivity index (χ0v) is 36.3. The Hall–Kier alpha value is -4.75. The summed E-state index contributed by atoms with van der Waals surface area (Å²) in [7, 11) is -2.19. The molecular weight excluding hydrogens is 809 g/mol. The number of rotatable bonds is 23. The molecule has 336 valence electrons. The number of aliphatic hydroxyl groups is 1. The van der Waals surface area contributed by atoms with Crippen molar-refractivity contribution in [1.29, 1.82) is 0 Å². The van der Waals surface area contributed by atoms with Crippen molar-refractivity contribution in [3.8, 4) is 0 Å². The molecule has 1 aromatic carbocycles. The van der Waals surface area contributed by atoms with Crippen molar-refractivity contribution >= 4 is 45.2 Å². The van der Waals surface area contributed by atoms with E-state index in [0.29, 0.717) is 37.1 Å². The third-order valence-corrected chi connectivity index (χ3v) is 13.6. The summed E-state index contributed by atoms with van der Waals surface area (Å²) in [4.78, 5) is 81.6. The van der Waals surface area contributed by atoms with Gasteiger partial charge in [0, 0.05) is 50.6 Å². The number of carbonyl (C=O) groups excluding carboxylic acids is 6. The van der Waals surface area contributed by atoms with Crippen LogP contribution >= 0.6 is 0 Å². The van der Waals surface area contributed by atoms with Crippen molar-refractivity contribution in [3.05, 3.63) is 41.7 Å². The standard InChI is InChI=1S/C42H62N8O10S/c1-42(2,57)36-25-45-48-50(36)31-24-34(39(54)47-33(37(52)38(43)53)11-7-8-20-44-41(56)46-30-15-16-30)49(26-31)40(55)29(23-27-9-5-4-6-10-27)14-19-35(51)28-12-17-32(18-13-28)61(58,59)22-21-60-3/h12-13,17-18,25,27,29-31,33-34,57H,4-11,14-16,19-24,26H2,1-3H3,(H2,43,53)(H,47,54)(H2,44,46,56)/t29-,31+,33?,34+/m1/s1. The van der Waals surface area contributed by atoms with Crippen molar-refractivity contribution in [2.45, 2.75) is 138 Å². The normalized spacial score (nSPS) is 19.5. The van der Waals surface area contributed by atoms with E-state index in [1.807, 2.05) is 0 Å². The Morgan fingerprint density at radius 1 is 1.00 bits per heavy atom. The third kappa shape index (κ3) is 13.4. The molecule has 5 amide bonds. The molecule has 1 unspecified atom stereocenters. The van der Waals surface area contributed by atoms with E-state index in [2.05, 4.69) is 26.3 Å². The molecule has 0 spiro atoms. The fourth-order valence-corrected chi connectivity index (χ4v) is 9.47. The van der Waals surface area contributed by atoms with E-state index in [4.69, 9.17) is 10.5 Å². The maximum Gasteiger partial charge on any atom is 0.315 e. The molecule has 4 atom stereocenters. The molecule has 1 aromatic heterocycles. The van der Waals surface area contributed by atoms with Crippen molar-refractivity contribution in [3.63, 3.8) is 0 Å². The van der Waals surface area contributed by atoms with Gasteiger partial charge in [-0.2, -0.15) is 0 Å². The summed E-state index contributed by atoms with van der Waals surface area (Å²) >= 11 is 0. The van der Waals surface area contributed by atoms with Gasteiger partial charge >= 0.3 is 6.03 Å². The number of urea groups is 1. The van der Waals surface area contributed by atoms with E-state index in [9.17, 15) is 42.3 Å². The highest BCUT2D eigenvalue weighted by Gasteiger charge is 2.45. The summed E-state index contributed by atoms with van der Waals surface area (Å²) in [6.45, 7) is 3.51. The number of nitrogens with zero attached hydrogens (tertiary/aromatic N) is 4. The predicted octanol–water partition coefficient (Wildman–Crippen LogP) is 2.49. The number of hydrogen-bond acceptors (Lipinski definition) is 12. The molecule has 3 fully saturated rings. The summed E-state index contributed by atoms with van der Waals surface area (Å²) in [5, 5.41) is 27.5. The van der Waals surface area contributed by atoms with Crippen LogP contribution in [0.25, 0.3) is 0 Å². The number of sulfone groups is 1. The lowest BCUT2D eigenvalue weighted by atomic mass is 9.80. The van der Waals surface area contributed by atoms with Gasteiger partial charge in [-0.05, 0) is 76.8 Å². The number of benzene rings is 1. The fourth-order valence-electron chi connectivity index (χ4n) is 8.29. The molecule has 6 N–H and O–H groups in total. The van der Waals surface area contributed by atoms with Crippen molar-refractivity contribution in [2.24, 2.45) is 17.6 Å². The highest BCUT2D eigenvalue weighted by Crippen LogP contribution is 2.36. The second-order valence-electron chi connectivity index (χ2n) is 17.2. The van der Waals surface area contributed by atoms with Crippen LogP contribution in [-0.4, -0.2) is 119 Å². The maximum absolute atomic E-state index is 14.9. The van der Waals surface area contributed by atoms with E-state index >= 15 is 0 Å². The lowest BCUT2D eigenvalue weighted by Gasteiger charge is -2.32. The molecular formula is C42H62N8O10S. The largest absolute Gasteiger partial charge is 0.384 e. The molecule has 5 rings (SSSR count). The Labute approximate surface area is 357 Å². The number of amides is 5. The first-order valence-electron chi connectivity index (χ1n) is 21.4. The Balaban J connectivity index is 1.35. The molecule has 0 bridgehead atoms. The van der Waals surface area contributed by atoms with Gasteiger partial charge in [0.15, 0.2) is 15.6 Å². The van der Waals surface area contributed by atoms with Crippen molar-refractivity contribution in [2.75, 3.05) is 32.6 Å².